The molecule has 6 heteroatoms. The molecule has 1 atom stereocenters. The van der Waals surface area contributed by atoms with E-state index < -0.39 is 0 Å². The van der Waals surface area contributed by atoms with Gasteiger partial charge in [0.2, 0.25) is 0 Å². The number of piperidine rings is 1. The average molecular weight is 359 g/mol. The third-order valence-corrected chi connectivity index (χ3v) is 6.38. The number of carbonyl (C=O) groups is 2. The first-order valence-corrected chi connectivity index (χ1v) is 10.1. The molecule has 142 valence electrons. The monoisotopic (exact) mass is 359 g/mol. The summed E-state index contributed by atoms with van der Waals surface area (Å²) in [5.74, 6) is 0.724. The molecule has 1 aromatic heterocycles. The summed E-state index contributed by atoms with van der Waals surface area (Å²) in [6, 6.07) is 2.42. The normalized spacial score (nSPS) is 25.0. The van der Waals surface area contributed by atoms with E-state index in [0.717, 1.165) is 32.2 Å². The molecule has 0 unspecified atom stereocenters. The molecule has 0 aromatic carbocycles. The van der Waals surface area contributed by atoms with Gasteiger partial charge in [-0.3, -0.25) is 4.79 Å². The third kappa shape index (κ3) is 3.60. The van der Waals surface area contributed by atoms with Crippen molar-refractivity contribution in [3.8, 4) is 0 Å². The molecule has 1 N–H and O–H groups in total. The van der Waals surface area contributed by atoms with Crippen LogP contribution >= 0.6 is 0 Å². The molecule has 3 heterocycles. The van der Waals surface area contributed by atoms with Crippen LogP contribution < -0.4 is 5.32 Å². The van der Waals surface area contributed by atoms with E-state index in [1.165, 1.54) is 38.2 Å². The highest BCUT2D eigenvalue weighted by Gasteiger charge is 2.36. The number of likely N-dealkylation sites (tertiary alicyclic amines) is 2. The molecule has 1 saturated carbocycles. The topological polar surface area (TPSA) is 65.8 Å². The molecule has 3 amide bonds. The summed E-state index contributed by atoms with van der Waals surface area (Å²) >= 11 is 0. The Morgan fingerprint density at radius 2 is 1.77 bits per heavy atom. The van der Waals surface area contributed by atoms with E-state index in [0.29, 0.717) is 30.6 Å². The quantitative estimate of drug-likeness (QED) is 0.901. The minimum atomic E-state index is 0.0179. The van der Waals surface area contributed by atoms with Gasteiger partial charge in [0.05, 0.1) is 11.8 Å². The number of nitrogens with one attached hydrogen (secondary N) is 1. The Hall–Kier alpha value is -1.98. The van der Waals surface area contributed by atoms with Gasteiger partial charge >= 0.3 is 6.03 Å². The van der Waals surface area contributed by atoms with E-state index in [1.807, 2.05) is 4.90 Å². The molecule has 2 saturated heterocycles. The van der Waals surface area contributed by atoms with Crippen molar-refractivity contribution in [3.63, 3.8) is 0 Å². The van der Waals surface area contributed by atoms with Crippen molar-refractivity contribution in [1.82, 2.24) is 15.1 Å². The standard InChI is InChI=1S/C20H29N3O3/c24-19(16-9-13-26-14-16)22-11-7-17(8-12-22)21-20(25)23-10-3-6-18(23)15-4-1-2-5-15/h9,13-15,17-18H,1-8,10-12H2,(H,21,25)/t18-/m1/s1. The van der Waals surface area contributed by atoms with Gasteiger partial charge in [-0.15, -0.1) is 0 Å². The molecule has 1 aliphatic carbocycles. The first kappa shape index (κ1) is 17.4. The van der Waals surface area contributed by atoms with E-state index in [9.17, 15) is 9.59 Å². The van der Waals surface area contributed by atoms with Gasteiger partial charge in [0, 0.05) is 31.7 Å². The summed E-state index contributed by atoms with van der Waals surface area (Å²) in [7, 11) is 0. The van der Waals surface area contributed by atoms with Crippen LogP contribution in [-0.2, 0) is 0 Å². The maximum atomic E-state index is 12.8. The Labute approximate surface area is 154 Å². The van der Waals surface area contributed by atoms with Crippen LogP contribution in [0.1, 0.15) is 61.7 Å². The van der Waals surface area contributed by atoms with Gasteiger partial charge in [0.1, 0.15) is 6.26 Å². The number of furan rings is 1. The summed E-state index contributed by atoms with van der Waals surface area (Å²) in [5, 5.41) is 3.24. The zero-order chi connectivity index (χ0) is 17.9. The zero-order valence-corrected chi connectivity index (χ0v) is 15.4. The SMILES string of the molecule is O=C(c1ccoc1)N1CCC(NC(=O)N2CCC[C@@H]2C2CCCC2)CC1. The number of nitrogens with zero attached hydrogens (tertiary/aromatic N) is 2. The molecule has 0 bridgehead atoms. The Bertz CT molecular complexity index is 616. The van der Waals surface area contributed by atoms with Gasteiger partial charge in [-0.25, -0.2) is 4.79 Å². The third-order valence-electron chi connectivity index (χ3n) is 6.38. The second kappa shape index (κ2) is 7.72. The first-order chi connectivity index (χ1) is 12.7. The molecule has 6 nitrogen and oxygen atoms in total. The average Bonchev–Trinajstić information content (AvgIpc) is 3.43. The van der Waals surface area contributed by atoms with E-state index in [1.54, 1.807) is 6.07 Å². The zero-order valence-electron chi connectivity index (χ0n) is 15.4. The first-order valence-electron chi connectivity index (χ1n) is 10.1. The highest BCUT2D eigenvalue weighted by Crippen LogP contribution is 2.35. The van der Waals surface area contributed by atoms with Crippen LogP contribution in [0.5, 0.6) is 0 Å². The largest absolute Gasteiger partial charge is 0.472 e. The van der Waals surface area contributed by atoms with Crippen molar-refractivity contribution in [2.24, 2.45) is 5.92 Å². The van der Waals surface area contributed by atoms with Crippen molar-refractivity contribution < 1.29 is 14.0 Å². The van der Waals surface area contributed by atoms with Gasteiger partial charge < -0.3 is 19.5 Å². The van der Waals surface area contributed by atoms with Crippen molar-refractivity contribution in [2.75, 3.05) is 19.6 Å². The number of rotatable bonds is 3. The maximum absolute atomic E-state index is 12.8. The number of hydrogen-bond acceptors (Lipinski definition) is 3. The molecule has 1 aromatic rings. The summed E-state index contributed by atoms with van der Waals surface area (Å²) < 4.78 is 5.00. The predicted octanol–water partition coefficient (Wildman–Crippen LogP) is 3.25. The molecular formula is C20H29N3O3. The van der Waals surface area contributed by atoms with Crippen molar-refractivity contribution in [3.05, 3.63) is 24.2 Å². The van der Waals surface area contributed by atoms with Gasteiger partial charge in [0.15, 0.2) is 0 Å². The molecule has 0 spiro atoms. The summed E-state index contributed by atoms with van der Waals surface area (Å²) in [6.07, 6.45) is 12.1. The molecular weight excluding hydrogens is 330 g/mol. The van der Waals surface area contributed by atoms with Gasteiger partial charge in [-0.05, 0) is 50.5 Å². The van der Waals surface area contributed by atoms with Gasteiger partial charge in [-0.1, -0.05) is 12.8 Å². The fraction of sp³-hybridized carbons (Fsp3) is 0.700. The minimum absolute atomic E-state index is 0.0179. The fourth-order valence-corrected chi connectivity index (χ4v) is 4.93. The molecule has 3 fully saturated rings. The van der Waals surface area contributed by atoms with Crippen LogP contribution in [0.4, 0.5) is 4.79 Å². The lowest BCUT2D eigenvalue weighted by atomic mass is 9.96. The van der Waals surface area contributed by atoms with Crippen LogP contribution in [0, 0.1) is 5.92 Å². The van der Waals surface area contributed by atoms with Crippen LogP contribution in [-0.4, -0.2) is 53.5 Å². The van der Waals surface area contributed by atoms with Crippen LogP contribution in [0.2, 0.25) is 0 Å². The van der Waals surface area contributed by atoms with Gasteiger partial charge in [0.25, 0.3) is 5.91 Å². The lowest BCUT2D eigenvalue weighted by Gasteiger charge is -2.35. The lowest BCUT2D eigenvalue weighted by molar-refractivity contribution is 0.0705. The lowest BCUT2D eigenvalue weighted by Crippen LogP contribution is -2.52. The highest BCUT2D eigenvalue weighted by molar-refractivity contribution is 5.93. The smallest absolute Gasteiger partial charge is 0.317 e. The second-order valence-corrected chi connectivity index (χ2v) is 7.98. The Morgan fingerprint density at radius 3 is 2.46 bits per heavy atom. The Kier molecular flexibility index (Phi) is 5.18. The van der Waals surface area contributed by atoms with Crippen LogP contribution in [0.15, 0.2) is 23.0 Å². The van der Waals surface area contributed by atoms with Crippen molar-refractivity contribution in [1.29, 1.82) is 0 Å². The Morgan fingerprint density at radius 1 is 1.00 bits per heavy atom. The molecule has 4 rings (SSSR count). The fourth-order valence-electron chi connectivity index (χ4n) is 4.93. The minimum Gasteiger partial charge on any atom is -0.472 e. The van der Waals surface area contributed by atoms with Crippen molar-refractivity contribution >= 4 is 11.9 Å². The van der Waals surface area contributed by atoms with E-state index in [4.69, 9.17) is 4.42 Å². The summed E-state index contributed by atoms with van der Waals surface area (Å²) in [6.45, 7) is 2.26. The number of carbonyl (C=O) groups excluding carboxylic acids is 2. The molecule has 3 aliphatic rings. The second-order valence-electron chi connectivity index (χ2n) is 7.98. The van der Waals surface area contributed by atoms with E-state index in [2.05, 4.69) is 10.2 Å². The highest BCUT2D eigenvalue weighted by atomic mass is 16.3. The van der Waals surface area contributed by atoms with Gasteiger partial charge in [-0.2, -0.15) is 0 Å². The molecule has 0 radical (unpaired) electrons. The predicted molar refractivity (Wildman–Crippen MR) is 97.9 cm³/mol. The van der Waals surface area contributed by atoms with E-state index >= 15 is 0 Å². The van der Waals surface area contributed by atoms with Crippen molar-refractivity contribution in [2.45, 2.75) is 63.5 Å². The number of amides is 3. The van der Waals surface area contributed by atoms with Crippen LogP contribution in [0.25, 0.3) is 0 Å². The Balaban J connectivity index is 1.27. The molecule has 2 aliphatic heterocycles. The number of hydrogen-bond donors (Lipinski definition) is 1. The summed E-state index contributed by atoms with van der Waals surface area (Å²) in [4.78, 5) is 29.1. The number of urea groups is 1. The van der Waals surface area contributed by atoms with Crippen LogP contribution in [0.3, 0.4) is 0 Å². The van der Waals surface area contributed by atoms with E-state index in [-0.39, 0.29) is 18.0 Å². The maximum Gasteiger partial charge on any atom is 0.317 e. The molecule has 26 heavy (non-hydrogen) atoms. The summed E-state index contributed by atoms with van der Waals surface area (Å²) in [5.41, 5.74) is 0.601.